The Morgan fingerprint density at radius 1 is 0.923 bits per heavy atom. The Hall–Kier alpha value is -2.20. The number of sulfone groups is 1. The van der Waals surface area contributed by atoms with Gasteiger partial charge in [-0.15, -0.1) is 0 Å². The summed E-state index contributed by atoms with van der Waals surface area (Å²) in [5.74, 6) is 0. The Kier molecular flexibility index (Phi) is 9.74. The Bertz CT molecular complexity index is 1190. The monoisotopic (exact) mass is 575 g/mol. The number of amides is 1. The van der Waals surface area contributed by atoms with E-state index in [1.807, 2.05) is 30.3 Å². The summed E-state index contributed by atoms with van der Waals surface area (Å²) < 4.78 is 46.4. The van der Waals surface area contributed by atoms with Crippen molar-refractivity contribution < 1.29 is 27.1 Å². The number of hydrogen-bond donors (Lipinski definition) is 0. The standard InChI is InChI=1S/C30H45NO6SSi/c1-29(2,3)37-28(32)31-24(21-35-20-23-15-11-9-12-16-23)19-27(38(33,34)25-17-13-10-14-18-25)26(31)22-36-39(7,8)30(4,5)6/h9-18,24,26-27H,19-22H2,1-8H3/t24-,26+,27-/m0/s1. The molecule has 1 amide bonds. The van der Waals surface area contributed by atoms with E-state index in [-0.39, 0.29) is 29.6 Å². The molecule has 1 aliphatic heterocycles. The van der Waals surface area contributed by atoms with E-state index in [0.717, 1.165) is 5.56 Å². The van der Waals surface area contributed by atoms with Gasteiger partial charge in [0, 0.05) is 0 Å². The Labute approximate surface area is 235 Å². The predicted octanol–water partition coefficient (Wildman–Crippen LogP) is 6.45. The SMILES string of the molecule is CC(C)(C)OC(=O)N1[C@H](COCc2ccccc2)C[C@H](S(=O)(=O)c2ccccc2)[C@H]1CO[Si](C)(C)C(C)(C)C. The maximum absolute atomic E-state index is 14.0. The fourth-order valence-corrected chi connectivity index (χ4v) is 7.44. The second-order valence-corrected chi connectivity index (χ2v) is 19.8. The maximum atomic E-state index is 14.0. The highest BCUT2D eigenvalue weighted by molar-refractivity contribution is 7.92. The minimum Gasteiger partial charge on any atom is -0.444 e. The van der Waals surface area contributed by atoms with E-state index < -0.39 is 47.2 Å². The predicted molar refractivity (Wildman–Crippen MR) is 157 cm³/mol. The van der Waals surface area contributed by atoms with Crippen molar-refractivity contribution in [3.05, 3.63) is 66.2 Å². The topological polar surface area (TPSA) is 82.1 Å². The van der Waals surface area contributed by atoms with Gasteiger partial charge in [-0.1, -0.05) is 69.3 Å². The summed E-state index contributed by atoms with van der Waals surface area (Å²) in [6.45, 7) is 16.7. The number of hydrogen-bond acceptors (Lipinski definition) is 6. The number of nitrogens with zero attached hydrogens (tertiary/aromatic N) is 1. The molecule has 0 saturated carbocycles. The van der Waals surface area contributed by atoms with Gasteiger partial charge in [-0.25, -0.2) is 13.2 Å². The molecule has 0 radical (unpaired) electrons. The smallest absolute Gasteiger partial charge is 0.410 e. The number of ether oxygens (including phenoxy) is 2. The minimum atomic E-state index is -3.78. The molecule has 9 heteroatoms. The highest BCUT2D eigenvalue weighted by Crippen LogP contribution is 2.39. The zero-order chi connectivity index (χ0) is 29.1. The fourth-order valence-electron chi connectivity index (χ4n) is 4.44. The van der Waals surface area contributed by atoms with Crippen LogP contribution in [0, 0.1) is 0 Å². The molecule has 3 atom stereocenters. The Balaban J connectivity index is 1.98. The van der Waals surface area contributed by atoms with Crippen LogP contribution in [-0.4, -0.2) is 63.9 Å². The first kappa shape index (κ1) is 31.3. The van der Waals surface area contributed by atoms with Gasteiger partial charge < -0.3 is 13.9 Å². The first-order chi connectivity index (χ1) is 18.0. The number of rotatable bonds is 9. The van der Waals surface area contributed by atoms with Crippen LogP contribution in [-0.2, 0) is 30.3 Å². The first-order valence-electron chi connectivity index (χ1n) is 13.6. The molecule has 39 heavy (non-hydrogen) atoms. The number of carbonyl (C=O) groups excluding carboxylic acids is 1. The van der Waals surface area contributed by atoms with Crippen molar-refractivity contribution in [3.8, 4) is 0 Å². The molecule has 0 aromatic heterocycles. The van der Waals surface area contributed by atoms with E-state index in [0.29, 0.717) is 6.61 Å². The third kappa shape index (κ3) is 7.93. The number of likely N-dealkylation sites (tertiary alicyclic amines) is 1. The van der Waals surface area contributed by atoms with Gasteiger partial charge in [-0.05, 0) is 63.0 Å². The van der Waals surface area contributed by atoms with Gasteiger partial charge >= 0.3 is 6.09 Å². The fraction of sp³-hybridized carbons (Fsp3) is 0.567. The summed E-state index contributed by atoms with van der Waals surface area (Å²) in [4.78, 5) is 15.5. The van der Waals surface area contributed by atoms with Gasteiger partial charge in [0.25, 0.3) is 0 Å². The molecule has 0 aliphatic carbocycles. The average molecular weight is 576 g/mol. The van der Waals surface area contributed by atoms with Crippen LogP contribution in [0.1, 0.15) is 53.5 Å². The van der Waals surface area contributed by atoms with Gasteiger partial charge in [0.05, 0.1) is 42.0 Å². The van der Waals surface area contributed by atoms with Crippen LogP contribution in [0.2, 0.25) is 18.1 Å². The van der Waals surface area contributed by atoms with E-state index in [4.69, 9.17) is 13.9 Å². The zero-order valence-electron chi connectivity index (χ0n) is 24.6. The van der Waals surface area contributed by atoms with E-state index >= 15 is 0 Å². The summed E-state index contributed by atoms with van der Waals surface area (Å²) in [7, 11) is -6.03. The minimum absolute atomic E-state index is 0.0750. The van der Waals surface area contributed by atoms with Crippen LogP contribution in [0.3, 0.4) is 0 Å². The van der Waals surface area contributed by atoms with E-state index in [9.17, 15) is 13.2 Å². The van der Waals surface area contributed by atoms with Crippen molar-refractivity contribution in [3.63, 3.8) is 0 Å². The van der Waals surface area contributed by atoms with Gasteiger partial charge in [0.1, 0.15) is 5.60 Å². The van der Waals surface area contributed by atoms with Crippen molar-refractivity contribution >= 4 is 24.2 Å². The lowest BCUT2D eigenvalue weighted by atomic mass is 10.2. The van der Waals surface area contributed by atoms with E-state index in [1.54, 1.807) is 56.0 Å². The molecule has 216 valence electrons. The highest BCUT2D eigenvalue weighted by atomic mass is 32.2. The van der Waals surface area contributed by atoms with Crippen LogP contribution in [0.15, 0.2) is 65.6 Å². The molecule has 1 aliphatic rings. The first-order valence-corrected chi connectivity index (χ1v) is 18.0. The molecule has 0 bridgehead atoms. The number of benzene rings is 2. The van der Waals surface area contributed by atoms with Crippen LogP contribution in [0.5, 0.6) is 0 Å². The molecule has 7 nitrogen and oxygen atoms in total. The van der Waals surface area contributed by atoms with Gasteiger partial charge in [-0.2, -0.15) is 0 Å². The van der Waals surface area contributed by atoms with E-state index in [2.05, 4.69) is 33.9 Å². The molecule has 2 aromatic rings. The molecule has 0 spiro atoms. The Morgan fingerprint density at radius 2 is 1.49 bits per heavy atom. The maximum Gasteiger partial charge on any atom is 0.410 e. The lowest BCUT2D eigenvalue weighted by Gasteiger charge is -2.39. The lowest BCUT2D eigenvalue weighted by Crippen LogP contribution is -2.52. The number of carbonyl (C=O) groups is 1. The van der Waals surface area contributed by atoms with Crippen molar-refractivity contribution in [2.75, 3.05) is 13.2 Å². The highest BCUT2D eigenvalue weighted by Gasteiger charge is 2.52. The molecule has 1 heterocycles. The van der Waals surface area contributed by atoms with Gasteiger partial charge in [-0.3, -0.25) is 4.90 Å². The molecule has 0 unspecified atom stereocenters. The summed E-state index contributed by atoms with van der Waals surface area (Å²) in [5.41, 5.74) is 0.263. The average Bonchev–Trinajstić information content (AvgIpc) is 3.22. The lowest BCUT2D eigenvalue weighted by molar-refractivity contribution is -0.00472. The second kappa shape index (κ2) is 12.1. The van der Waals surface area contributed by atoms with Crippen molar-refractivity contribution in [1.29, 1.82) is 0 Å². The summed E-state index contributed by atoms with van der Waals surface area (Å²) in [6.07, 6.45) is -0.318. The third-order valence-electron chi connectivity index (χ3n) is 7.60. The van der Waals surface area contributed by atoms with Crippen LogP contribution >= 0.6 is 0 Å². The summed E-state index contributed by atoms with van der Waals surface area (Å²) >= 11 is 0. The van der Waals surface area contributed by atoms with Crippen LogP contribution < -0.4 is 0 Å². The third-order valence-corrected chi connectivity index (χ3v) is 14.3. The summed E-state index contributed by atoms with van der Waals surface area (Å²) in [5, 5.41) is -0.934. The van der Waals surface area contributed by atoms with Crippen molar-refractivity contribution in [2.24, 2.45) is 0 Å². The molecule has 1 saturated heterocycles. The molecular formula is C30H45NO6SSi. The second-order valence-electron chi connectivity index (χ2n) is 12.8. The van der Waals surface area contributed by atoms with E-state index in [1.165, 1.54) is 0 Å². The van der Waals surface area contributed by atoms with Crippen LogP contribution in [0.4, 0.5) is 4.79 Å². The van der Waals surface area contributed by atoms with Crippen molar-refractivity contribution in [1.82, 2.24) is 4.90 Å². The summed E-state index contributed by atoms with van der Waals surface area (Å²) in [6, 6.07) is 17.0. The normalized spacial score (nSPS) is 20.7. The van der Waals surface area contributed by atoms with Gasteiger partial charge in [0.15, 0.2) is 18.2 Å². The molecule has 3 rings (SSSR count). The van der Waals surface area contributed by atoms with Crippen LogP contribution in [0.25, 0.3) is 0 Å². The van der Waals surface area contributed by atoms with Gasteiger partial charge in [0.2, 0.25) is 0 Å². The zero-order valence-corrected chi connectivity index (χ0v) is 26.5. The van der Waals surface area contributed by atoms with Crippen molar-refractivity contribution in [2.45, 2.75) is 101 Å². The molecular weight excluding hydrogens is 530 g/mol. The molecule has 2 aromatic carbocycles. The molecule has 1 fully saturated rings. The molecule has 0 N–H and O–H groups in total. The Morgan fingerprint density at radius 3 is 2.03 bits per heavy atom. The largest absolute Gasteiger partial charge is 0.444 e. The quantitative estimate of drug-likeness (QED) is 0.320.